The molecule has 0 radical (unpaired) electrons. The lowest BCUT2D eigenvalue weighted by atomic mass is 10.0. The van der Waals surface area contributed by atoms with Crippen LogP contribution in [0, 0.1) is 5.92 Å². The predicted molar refractivity (Wildman–Crippen MR) is 75.3 cm³/mol. The number of anilines is 1. The molecular weight excluding hydrogens is 304 g/mol. The molecule has 2 unspecified atom stereocenters. The van der Waals surface area contributed by atoms with Crippen molar-refractivity contribution in [2.75, 3.05) is 5.32 Å². The van der Waals surface area contributed by atoms with Gasteiger partial charge in [-0.1, -0.05) is 22.4 Å². The number of benzene rings is 1. The third-order valence-electron chi connectivity index (χ3n) is 3.02. The number of nitrogens with two attached hydrogens (primary N) is 1. The molecule has 2 atom stereocenters. The zero-order valence-corrected chi connectivity index (χ0v) is 11.8. The SMILES string of the molecule is Cl.NC1CCCC1C(=O)Nc1ccc(Br)cc1. The van der Waals surface area contributed by atoms with Crippen LogP contribution in [0.2, 0.25) is 0 Å². The molecule has 1 fully saturated rings. The fraction of sp³-hybridized carbons (Fsp3) is 0.417. The van der Waals surface area contributed by atoms with Crippen molar-refractivity contribution in [1.29, 1.82) is 0 Å². The van der Waals surface area contributed by atoms with Crippen molar-refractivity contribution in [2.45, 2.75) is 25.3 Å². The smallest absolute Gasteiger partial charge is 0.229 e. The number of carbonyl (C=O) groups excluding carboxylic acids is 1. The van der Waals surface area contributed by atoms with E-state index < -0.39 is 0 Å². The summed E-state index contributed by atoms with van der Waals surface area (Å²) in [6.07, 6.45) is 2.92. The third-order valence-corrected chi connectivity index (χ3v) is 3.55. The highest BCUT2D eigenvalue weighted by atomic mass is 79.9. The first kappa shape index (κ1) is 14.5. The van der Waals surface area contributed by atoms with Crippen LogP contribution in [0.3, 0.4) is 0 Å². The Morgan fingerprint density at radius 2 is 1.94 bits per heavy atom. The number of rotatable bonds is 2. The van der Waals surface area contributed by atoms with E-state index in [1.54, 1.807) is 0 Å². The molecular formula is C12H16BrClN2O. The number of hydrogen-bond donors (Lipinski definition) is 2. The van der Waals surface area contributed by atoms with Crippen molar-refractivity contribution in [3.63, 3.8) is 0 Å². The van der Waals surface area contributed by atoms with Crippen LogP contribution in [0.1, 0.15) is 19.3 Å². The maximum Gasteiger partial charge on any atom is 0.229 e. The maximum absolute atomic E-state index is 11.9. The van der Waals surface area contributed by atoms with Crippen LogP contribution in [-0.2, 0) is 4.79 Å². The van der Waals surface area contributed by atoms with E-state index in [0.29, 0.717) is 0 Å². The van der Waals surface area contributed by atoms with E-state index in [0.717, 1.165) is 29.4 Å². The van der Waals surface area contributed by atoms with Gasteiger partial charge in [0.2, 0.25) is 5.91 Å². The molecule has 3 N–H and O–H groups in total. The molecule has 1 aromatic carbocycles. The molecule has 0 heterocycles. The van der Waals surface area contributed by atoms with Crippen LogP contribution >= 0.6 is 28.3 Å². The topological polar surface area (TPSA) is 55.1 Å². The number of hydrogen-bond acceptors (Lipinski definition) is 2. The quantitative estimate of drug-likeness (QED) is 0.880. The van der Waals surface area contributed by atoms with Gasteiger partial charge in [-0.25, -0.2) is 0 Å². The number of carbonyl (C=O) groups is 1. The Labute approximate surface area is 116 Å². The van der Waals surface area contributed by atoms with Crippen molar-refractivity contribution < 1.29 is 4.79 Å². The Morgan fingerprint density at radius 3 is 2.47 bits per heavy atom. The van der Waals surface area contributed by atoms with E-state index in [1.165, 1.54) is 0 Å². The second kappa shape index (κ2) is 6.38. The lowest BCUT2D eigenvalue weighted by Gasteiger charge is -2.15. The molecule has 3 nitrogen and oxygen atoms in total. The minimum absolute atomic E-state index is 0. The number of amides is 1. The summed E-state index contributed by atoms with van der Waals surface area (Å²) in [4.78, 5) is 11.9. The Hall–Kier alpha value is -0.580. The molecule has 0 saturated heterocycles. The molecule has 94 valence electrons. The summed E-state index contributed by atoms with van der Waals surface area (Å²) in [5, 5.41) is 2.90. The molecule has 2 rings (SSSR count). The Bertz CT molecular complexity index is 383. The normalized spacial score (nSPS) is 22.9. The first-order valence-electron chi connectivity index (χ1n) is 5.49. The van der Waals surface area contributed by atoms with Crippen LogP contribution in [0.25, 0.3) is 0 Å². The second-order valence-corrected chi connectivity index (χ2v) is 5.11. The van der Waals surface area contributed by atoms with Crippen molar-refractivity contribution >= 4 is 39.9 Å². The lowest BCUT2D eigenvalue weighted by Crippen LogP contribution is -2.34. The van der Waals surface area contributed by atoms with Crippen molar-refractivity contribution in [3.05, 3.63) is 28.7 Å². The van der Waals surface area contributed by atoms with Crippen molar-refractivity contribution in [2.24, 2.45) is 11.7 Å². The van der Waals surface area contributed by atoms with E-state index in [4.69, 9.17) is 5.73 Å². The molecule has 0 aromatic heterocycles. The molecule has 1 aliphatic carbocycles. The minimum Gasteiger partial charge on any atom is -0.327 e. The van der Waals surface area contributed by atoms with Crippen LogP contribution < -0.4 is 11.1 Å². The van der Waals surface area contributed by atoms with Crippen LogP contribution in [-0.4, -0.2) is 11.9 Å². The first-order valence-corrected chi connectivity index (χ1v) is 6.28. The number of nitrogens with one attached hydrogen (secondary N) is 1. The number of halogens is 2. The molecule has 5 heteroatoms. The van der Waals surface area contributed by atoms with Crippen LogP contribution in [0.5, 0.6) is 0 Å². The average Bonchev–Trinajstić information content (AvgIpc) is 2.68. The fourth-order valence-corrected chi connectivity index (χ4v) is 2.35. The lowest BCUT2D eigenvalue weighted by molar-refractivity contribution is -0.120. The summed E-state index contributed by atoms with van der Waals surface area (Å²) in [5.41, 5.74) is 6.72. The molecule has 17 heavy (non-hydrogen) atoms. The summed E-state index contributed by atoms with van der Waals surface area (Å²) in [7, 11) is 0. The first-order chi connectivity index (χ1) is 7.66. The summed E-state index contributed by atoms with van der Waals surface area (Å²) in [6.45, 7) is 0. The molecule has 0 aliphatic heterocycles. The van der Waals surface area contributed by atoms with E-state index in [-0.39, 0.29) is 30.3 Å². The maximum atomic E-state index is 11.9. The minimum atomic E-state index is -0.0244. The Morgan fingerprint density at radius 1 is 1.29 bits per heavy atom. The zero-order chi connectivity index (χ0) is 11.5. The molecule has 0 spiro atoms. The highest BCUT2D eigenvalue weighted by Gasteiger charge is 2.30. The van der Waals surface area contributed by atoms with Gasteiger partial charge in [-0.05, 0) is 37.1 Å². The van der Waals surface area contributed by atoms with Gasteiger partial charge in [0, 0.05) is 16.2 Å². The van der Waals surface area contributed by atoms with E-state index in [1.807, 2.05) is 24.3 Å². The van der Waals surface area contributed by atoms with Crippen molar-refractivity contribution in [3.8, 4) is 0 Å². The van der Waals surface area contributed by atoms with Gasteiger partial charge in [-0.3, -0.25) is 4.79 Å². The van der Waals surface area contributed by atoms with Gasteiger partial charge in [-0.2, -0.15) is 0 Å². The van der Waals surface area contributed by atoms with Gasteiger partial charge in [0.1, 0.15) is 0 Å². The van der Waals surface area contributed by atoms with Crippen LogP contribution in [0.4, 0.5) is 5.69 Å². The van der Waals surface area contributed by atoms with Gasteiger partial charge in [0.05, 0.1) is 5.92 Å². The molecule has 1 amide bonds. The summed E-state index contributed by atoms with van der Waals surface area (Å²) in [5.74, 6) is 0.0240. The molecule has 1 aromatic rings. The van der Waals surface area contributed by atoms with Gasteiger partial charge >= 0.3 is 0 Å². The van der Waals surface area contributed by atoms with Crippen molar-refractivity contribution in [1.82, 2.24) is 0 Å². The highest BCUT2D eigenvalue weighted by molar-refractivity contribution is 9.10. The zero-order valence-electron chi connectivity index (χ0n) is 9.36. The van der Waals surface area contributed by atoms with E-state index >= 15 is 0 Å². The molecule has 1 saturated carbocycles. The Balaban J connectivity index is 0.00000144. The summed E-state index contributed by atoms with van der Waals surface area (Å²) >= 11 is 3.35. The molecule has 0 bridgehead atoms. The standard InChI is InChI=1S/C12H15BrN2O.ClH/c13-8-4-6-9(7-5-8)15-12(16)10-2-1-3-11(10)14;/h4-7,10-11H,1-3,14H2,(H,15,16);1H. The van der Waals surface area contributed by atoms with Gasteiger partial charge in [0.25, 0.3) is 0 Å². The van der Waals surface area contributed by atoms with Gasteiger partial charge < -0.3 is 11.1 Å². The monoisotopic (exact) mass is 318 g/mol. The fourth-order valence-electron chi connectivity index (χ4n) is 2.08. The second-order valence-electron chi connectivity index (χ2n) is 4.20. The van der Waals surface area contributed by atoms with E-state index in [9.17, 15) is 4.79 Å². The highest BCUT2D eigenvalue weighted by Crippen LogP contribution is 2.25. The summed E-state index contributed by atoms with van der Waals surface area (Å²) < 4.78 is 1.00. The average molecular weight is 320 g/mol. The molecule has 1 aliphatic rings. The van der Waals surface area contributed by atoms with Crippen LogP contribution in [0.15, 0.2) is 28.7 Å². The predicted octanol–water partition coefficient (Wildman–Crippen LogP) is 2.94. The third kappa shape index (κ3) is 3.69. The summed E-state index contributed by atoms with van der Waals surface area (Å²) in [6, 6.07) is 7.59. The van der Waals surface area contributed by atoms with Gasteiger partial charge in [-0.15, -0.1) is 12.4 Å². The van der Waals surface area contributed by atoms with E-state index in [2.05, 4.69) is 21.2 Å². The van der Waals surface area contributed by atoms with Gasteiger partial charge in [0.15, 0.2) is 0 Å². The largest absolute Gasteiger partial charge is 0.327 e. The Kier molecular flexibility index (Phi) is 5.43.